The lowest BCUT2D eigenvalue weighted by molar-refractivity contribution is -0.148. The Morgan fingerprint density at radius 2 is 1.86 bits per heavy atom. The fraction of sp³-hybridized carbons (Fsp3) is 0.364. The first kappa shape index (κ1) is 21.1. The summed E-state index contributed by atoms with van der Waals surface area (Å²) in [5.41, 5.74) is 2.01. The Kier molecular flexibility index (Phi) is 6.10. The number of carbonyl (C=O) groups excluding carboxylic acids is 2. The molecule has 0 aliphatic carbocycles. The molecule has 152 valence electrons. The molecule has 3 rings (SSSR count). The van der Waals surface area contributed by atoms with E-state index in [0.717, 1.165) is 11.1 Å². The molecule has 0 radical (unpaired) electrons. The fourth-order valence-electron chi connectivity index (χ4n) is 3.40. The number of hydrogen-bond acceptors (Lipinski definition) is 5. The van der Waals surface area contributed by atoms with E-state index in [1.807, 2.05) is 58.0 Å². The van der Waals surface area contributed by atoms with Gasteiger partial charge in [0.25, 0.3) is 5.91 Å². The highest BCUT2D eigenvalue weighted by molar-refractivity contribution is 6.62. The van der Waals surface area contributed by atoms with E-state index >= 15 is 0 Å². The molecule has 0 unspecified atom stereocenters. The van der Waals surface area contributed by atoms with Gasteiger partial charge in [-0.25, -0.2) is 4.79 Å². The van der Waals surface area contributed by atoms with Crippen molar-refractivity contribution < 1.29 is 24.0 Å². The Morgan fingerprint density at radius 3 is 2.52 bits per heavy atom. The molecule has 0 bridgehead atoms. The molecule has 6 nitrogen and oxygen atoms in total. The predicted molar refractivity (Wildman–Crippen MR) is 110 cm³/mol. The molecule has 2 aromatic carbocycles. The van der Waals surface area contributed by atoms with Crippen LogP contribution in [0.25, 0.3) is 0 Å². The van der Waals surface area contributed by atoms with Gasteiger partial charge in [0.1, 0.15) is 12.6 Å². The maximum Gasteiger partial charge on any atom is 0.492 e. The molecule has 0 fully saturated rings. The Bertz CT molecular complexity index is 897. The Labute approximate surface area is 171 Å². The normalized spacial score (nSPS) is 15.7. The van der Waals surface area contributed by atoms with Crippen molar-refractivity contribution in [3.63, 3.8) is 0 Å². The quantitative estimate of drug-likeness (QED) is 0.578. The standard InChI is InChI=1S/C22H26BNO5/c1-14(2)19(21(26)28-13-15-8-6-5-7-9-15)24-20(25)16-10-11-17-18(12-16)23(27)29-22(17,3)4/h5-12,14,19,27H,13H2,1-4H3,(H,24,25)/t19-/m0/s1. The van der Waals surface area contributed by atoms with E-state index in [1.54, 1.807) is 18.2 Å². The van der Waals surface area contributed by atoms with Gasteiger partial charge in [-0.05, 0) is 48.5 Å². The first-order valence-corrected chi connectivity index (χ1v) is 9.71. The molecule has 2 aromatic rings. The molecule has 1 aliphatic heterocycles. The molecule has 0 saturated heterocycles. The number of benzene rings is 2. The molecule has 1 amide bonds. The van der Waals surface area contributed by atoms with Crippen molar-refractivity contribution in [3.05, 3.63) is 65.2 Å². The second kappa shape index (κ2) is 8.39. The summed E-state index contributed by atoms with van der Waals surface area (Å²) in [7, 11) is -1.08. The molecule has 0 saturated carbocycles. The molecule has 1 aliphatic rings. The van der Waals surface area contributed by atoms with Gasteiger partial charge < -0.3 is 19.7 Å². The third-order valence-corrected chi connectivity index (χ3v) is 5.07. The maximum absolute atomic E-state index is 12.8. The average Bonchev–Trinajstić information content (AvgIpc) is 2.92. The van der Waals surface area contributed by atoms with Crippen LogP contribution < -0.4 is 10.8 Å². The smallest absolute Gasteiger partial charge is 0.459 e. The van der Waals surface area contributed by atoms with Crippen molar-refractivity contribution in [2.75, 3.05) is 0 Å². The second-order valence-electron chi connectivity index (χ2n) is 8.07. The number of fused-ring (bicyclic) bond motifs is 1. The van der Waals surface area contributed by atoms with Gasteiger partial charge in [0.15, 0.2) is 0 Å². The minimum Gasteiger partial charge on any atom is -0.459 e. The van der Waals surface area contributed by atoms with Crippen LogP contribution in [0.1, 0.15) is 49.2 Å². The lowest BCUT2D eigenvalue weighted by Gasteiger charge is -2.21. The van der Waals surface area contributed by atoms with Gasteiger partial charge in [-0.2, -0.15) is 0 Å². The number of esters is 1. The van der Waals surface area contributed by atoms with Crippen molar-refractivity contribution in [2.45, 2.75) is 45.9 Å². The van der Waals surface area contributed by atoms with E-state index in [9.17, 15) is 14.6 Å². The van der Waals surface area contributed by atoms with Gasteiger partial charge >= 0.3 is 13.1 Å². The molecule has 1 heterocycles. The van der Waals surface area contributed by atoms with Gasteiger partial charge in [-0.3, -0.25) is 4.79 Å². The zero-order chi connectivity index (χ0) is 21.2. The van der Waals surface area contributed by atoms with Gasteiger partial charge in [-0.15, -0.1) is 0 Å². The number of rotatable bonds is 6. The SMILES string of the molecule is CC(C)[C@H](NC(=O)c1ccc2c(c1)B(O)OC2(C)C)C(=O)OCc1ccccc1. The lowest BCUT2D eigenvalue weighted by Crippen LogP contribution is -2.45. The van der Waals surface area contributed by atoms with Crippen LogP contribution in [0.15, 0.2) is 48.5 Å². The van der Waals surface area contributed by atoms with Crippen molar-refractivity contribution in [1.82, 2.24) is 5.32 Å². The van der Waals surface area contributed by atoms with Crippen LogP contribution in [0.5, 0.6) is 0 Å². The summed E-state index contributed by atoms with van der Waals surface area (Å²) in [5, 5.41) is 12.9. The summed E-state index contributed by atoms with van der Waals surface area (Å²) in [5.74, 6) is -1.03. The zero-order valence-corrected chi connectivity index (χ0v) is 17.1. The Hall–Kier alpha value is -2.64. The van der Waals surface area contributed by atoms with Gasteiger partial charge in [0.2, 0.25) is 0 Å². The van der Waals surface area contributed by atoms with E-state index in [2.05, 4.69) is 5.32 Å². The van der Waals surface area contributed by atoms with E-state index in [-0.39, 0.29) is 12.5 Å². The highest BCUT2D eigenvalue weighted by Crippen LogP contribution is 2.29. The summed E-state index contributed by atoms with van der Waals surface area (Å²) >= 11 is 0. The second-order valence-corrected chi connectivity index (χ2v) is 8.07. The predicted octanol–water partition coefficient (Wildman–Crippen LogP) is 2.14. The van der Waals surface area contributed by atoms with E-state index in [0.29, 0.717) is 11.0 Å². The van der Waals surface area contributed by atoms with Crippen LogP contribution in [0.3, 0.4) is 0 Å². The lowest BCUT2D eigenvalue weighted by atomic mass is 9.77. The summed E-state index contributed by atoms with van der Waals surface area (Å²) in [6, 6.07) is 13.7. The number of amides is 1. The number of hydrogen-bond donors (Lipinski definition) is 2. The van der Waals surface area contributed by atoms with Crippen LogP contribution in [-0.4, -0.2) is 30.1 Å². The van der Waals surface area contributed by atoms with E-state index < -0.39 is 30.6 Å². The average molecular weight is 395 g/mol. The highest BCUT2D eigenvalue weighted by Gasteiger charge is 2.41. The van der Waals surface area contributed by atoms with Gasteiger partial charge in [0.05, 0.1) is 5.60 Å². The minimum absolute atomic E-state index is 0.149. The first-order valence-electron chi connectivity index (χ1n) is 9.71. The van der Waals surface area contributed by atoms with Crippen molar-refractivity contribution >= 4 is 24.5 Å². The third kappa shape index (κ3) is 4.69. The zero-order valence-electron chi connectivity index (χ0n) is 17.1. The fourth-order valence-corrected chi connectivity index (χ4v) is 3.40. The van der Waals surface area contributed by atoms with Crippen LogP contribution in [-0.2, 0) is 26.4 Å². The molecular weight excluding hydrogens is 369 g/mol. The van der Waals surface area contributed by atoms with Crippen LogP contribution >= 0.6 is 0 Å². The van der Waals surface area contributed by atoms with Gasteiger partial charge in [-0.1, -0.05) is 50.2 Å². The molecule has 0 aromatic heterocycles. The topological polar surface area (TPSA) is 84.9 Å². The number of nitrogens with one attached hydrogen (secondary N) is 1. The van der Waals surface area contributed by atoms with Crippen molar-refractivity contribution in [1.29, 1.82) is 0 Å². The van der Waals surface area contributed by atoms with Crippen LogP contribution in [0.2, 0.25) is 0 Å². The van der Waals surface area contributed by atoms with Gasteiger partial charge in [0, 0.05) is 5.56 Å². The molecular formula is C22H26BNO5. The van der Waals surface area contributed by atoms with E-state index in [4.69, 9.17) is 9.39 Å². The first-order chi connectivity index (χ1) is 13.7. The molecule has 1 atom stereocenters. The maximum atomic E-state index is 12.8. The molecule has 7 heteroatoms. The summed E-state index contributed by atoms with van der Waals surface area (Å²) < 4.78 is 10.9. The Balaban J connectivity index is 1.70. The minimum atomic E-state index is -1.08. The molecule has 2 N–H and O–H groups in total. The Morgan fingerprint density at radius 1 is 1.17 bits per heavy atom. The number of ether oxygens (including phenoxy) is 1. The monoisotopic (exact) mass is 395 g/mol. The summed E-state index contributed by atoms with van der Waals surface area (Å²) in [4.78, 5) is 25.3. The number of carbonyl (C=O) groups is 2. The molecule has 29 heavy (non-hydrogen) atoms. The third-order valence-electron chi connectivity index (χ3n) is 5.07. The van der Waals surface area contributed by atoms with Crippen molar-refractivity contribution in [2.24, 2.45) is 5.92 Å². The summed E-state index contributed by atoms with van der Waals surface area (Å²) in [6.45, 7) is 7.56. The van der Waals surface area contributed by atoms with Crippen LogP contribution in [0, 0.1) is 5.92 Å². The van der Waals surface area contributed by atoms with Crippen molar-refractivity contribution in [3.8, 4) is 0 Å². The highest BCUT2D eigenvalue weighted by atomic mass is 16.5. The molecule has 0 spiro atoms. The summed E-state index contributed by atoms with van der Waals surface area (Å²) in [6.07, 6.45) is 0. The van der Waals surface area contributed by atoms with Crippen LogP contribution in [0.4, 0.5) is 0 Å². The van der Waals surface area contributed by atoms with E-state index in [1.165, 1.54) is 0 Å². The largest absolute Gasteiger partial charge is 0.492 e.